The first kappa shape index (κ1) is 24.8. The summed E-state index contributed by atoms with van der Waals surface area (Å²) in [6.07, 6.45) is 7.12. The molecular formula is C24H33NO6. The van der Waals surface area contributed by atoms with Crippen LogP contribution in [0.3, 0.4) is 0 Å². The third-order valence-electron chi connectivity index (χ3n) is 5.45. The normalized spacial score (nSPS) is 23.7. The van der Waals surface area contributed by atoms with Crippen molar-refractivity contribution in [1.82, 2.24) is 0 Å². The van der Waals surface area contributed by atoms with Crippen LogP contribution in [0.5, 0.6) is 5.75 Å². The molecule has 3 unspecified atom stereocenters. The zero-order valence-electron chi connectivity index (χ0n) is 18.4. The van der Waals surface area contributed by atoms with E-state index in [0.717, 1.165) is 24.0 Å². The molecule has 0 heterocycles. The van der Waals surface area contributed by atoms with E-state index in [-0.39, 0.29) is 23.0 Å². The zero-order chi connectivity index (χ0) is 23.2. The number of hydrogen-bond acceptors (Lipinski definition) is 6. The molecule has 1 aromatic rings. The fourth-order valence-electron chi connectivity index (χ4n) is 3.83. The number of esters is 1. The van der Waals surface area contributed by atoms with Crippen LogP contribution in [0.4, 0.5) is 5.69 Å². The molecule has 7 heteroatoms. The number of carbonyl (C=O) groups excluding carboxylic acids is 1. The molecule has 1 aliphatic carbocycles. The number of phenols is 1. The molecule has 31 heavy (non-hydrogen) atoms. The summed E-state index contributed by atoms with van der Waals surface area (Å²) in [5.41, 5.74) is 1.92. The van der Waals surface area contributed by atoms with E-state index in [0.29, 0.717) is 24.8 Å². The first-order valence-electron chi connectivity index (χ1n) is 10.4. The monoisotopic (exact) mass is 431 g/mol. The van der Waals surface area contributed by atoms with Crippen molar-refractivity contribution in [2.24, 2.45) is 5.41 Å². The molecule has 1 aliphatic rings. The van der Waals surface area contributed by atoms with Crippen LogP contribution in [0.2, 0.25) is 0 Å². The van der Waals surface area contributed by atoms with Crippen molar-refractivity contribution in [3.05, 3.63) is 58.8 Å². The molecule has 1 aromatic carbocycles. The summed E-state index contributed by atoms with van der Waals surface area (Å²) in [7, 11) is 0. The summed E-state index contributed by atoms with van der Waals surface area (Å²) in [4.78, 5) is 12.5. The van der Waals surface area contributed by atoms with E-state index >= 15 is 0 Å². The highest BCUT2D eigenvalue weighted by molar-refractivity contribution is 5.87. The topological polar surface area (TPSA) is 114 Å². The molecule has 0 fully saturated rings. The minimum atomic E-state index is -1.25. The van der Waals surface area contributed by atoms with Crippen LogP contribution >= 0.6 is 0 Å². The smallest absolute Gasteiger partial charge is 0.331 e. The van der Waals surface area contributed by atoms with Crippen LogP contribution in [0, 0.1) is 10.6 Å². The Kier molecular flexibility index (Phi) is 8.59. The molecule has 4 N–H and O–H groups in total. The lowest BCUT2D eigenvalue weighted by molar-refractivity contribution is -0.991. The fraction of sp³-hybridized carbons (Fsp3) is 0.458. The lowest BCUT2D eigenvalue weighted by Crippen LogP contribution is -2.99. The molecule has 7 nitrogen and oxygen atoms in total. The maximum absolute atomic E-state index is 12.5. The van der Waals surface area contributed by atoms with Crippen molar-refractivity contribution in [1.29, 1.82) is 0 Å². The summed E-state index contributed by atoms with van der Waals surface area (Å²) in [6.45, 7) is 10.1. The summed E-state index contributed by atoms with van der Waals surface area (Å²) in [5.74, 6) is -0.864. The largest absolute Gasteiger partial charge is 0.595 e. The van der Waals surface area contributed by atoms with Crippen molar-refractivity contribution in [3.63, 3.8) is 0 Å². The molecule has 0 aromatic heterocycles. The summed E-state index contributed by atoms with van der Waals surface area (Å²) >= 11 is 0. The van der Waals surface area contributed by atoms with Gasteiger partial charge in [0.25, 0.3) is 0 Å². The van der Waals surface area contributed by atoms with Gasteiger partial charge in [-0.1, -0.05) is 38.1 Å². The minimum Gasteiger partial charge on any atom is -0.595 e. The second-order valence-electron chi connectivity index (χ2n) is 9.01. The Hall–Kier alpha value is -2.45. The van der Waals surface area contributed by atoms with Crippen LogP contribution in [0.15, 0.2) is 48.1 Å². The molecule has 170 valence electrons. The molecule has 0 amide bonds. The summed E-state index contributed by atoms with van der Waals surface area (Å²) < 4.78 is 5.72. The van der Waals surface area contributed by atoms with Crippen LogP contribution in [0.1, 0.15) is 58.4 Å². The summed E-state index contributed by atoms with van der Waals surface area (Å²) in [6, 6.07) is 4.08. The molecule has 0 bridgehead atoms. The van der Waals surface area contributed by atoms with Gasteiger partial charge < -0.3 is 20.2 Å². The number of ether oxygens (including phenoxy) is 1. The number of nitrogens with one attached hydrogen (secondary N) is 1. The molecule has 2 rings (SSSR count). The van der Waals surface area contributed by atoms with Crippen molar-refractivity contribution in [3.8, 4) is 5.75 Å². The number of rotatable bonds is 4. The number of hydrogen-bond donors (Lipinski definition) is 4. The SMILES string of the molecule is C=C1CCC=C(C)CC(OC(=O)C=Cc2ccc(O)c([NH+]([O-])O)c2)CC(C)(C)CC1O. The van der Waals surface area contributed by atoms with Gasteiger partial charge in [0.15, 0.2) is 5.75 Å². The Morgan fingerprint density at radius 3 is 2.74 bits per heavy atom. The fourth-order valence-corrected chi connectivity index (χ4v) is 3.83. The predicted molar refractivity (Wildman–Crippen MR) is 119 cm³/mol. The van der Waals surface area contributed by atoms with Gasteiger partial charge in [0.1, 0.15) is 6.10 Å². The van der Waals surface area contributed by atoms with E-state index in [1.165, 1.54) is 30.4 Å². The van der Waals surface area contributed by atoms with Crippen molar-refractivity contribution < 1.29 is 30.2 Å². The Bertz CT molecular complexity index is 856. The van der Waals surface area contributed by atoms with Crippen molar-refractivity contribution >= 4 is 17.7 Å². The Morgan fingerprint density at radius 1 is 1.35 bits per heavy atom. The maximum Gasteiger partial charge on any atom is 0.331 e. The van der Waals surface area contributed by atoms with Crippen LogP contribution < -0.4 is 5.23 Å². The first-order valence-corrected chi connectivity index (χ1v) is 10.4. The number of allylic oxidation sites excluding steroid dienone is 1. The quantitative estimate of drug-likeness (QED) is 0.190. The molecule has 0 spiro atoms. The number of aliphatic hydroxyl groups is 1. The number of benzene rings is 1. The zero-order valence-corrected chi connectivity index (χ0v) is 18.4. The first-order chi connectivity index (χ1) is 14.5. The third-order valence-corrected chi connectivity index (χ3v) is 5.45. The lowest BCUT2D eigenvalue weighted by Gasteiger charge is -2.31. The van der Waals surface area contributed by atoms with E-state index in [9.17, 15) is 20.2 Å². The van der Waals surface area contributed by atoms with Crippen molar-refractivity contribution in [2.45, 2.75) is 65.1 Å². The van der Waals surface area contributed by atoms with Crippen LogP contribution in [-0.2, 0) is 9.53 Å². The Labute approximate surface area is 183 Å². The molecule has 3 atom stereocenters. The average molecular weight is 432 g/mol. The van der Waals surface area contributed by atoms with Gasteiger partial charge in [0.2, 0.25) is 5.69 Å². The average Bonchev–Trinajstić information content (AvgIpc) is 2.66. The van der Waals surface area contributed by atoms with E-state index in [2.05, 4.69) is 12.7 Å². The standard InChI is InChI=1S/C24H33NO6/c1-16-6-5-7-17(2)22(27)15-24(3,4)14-19(12-16)31-23(28)11-9-18-8-10-21(26)20(13-18)25(29)30/h6,8-11,13,19,22,25-27,29H,2,5,7,12,14-15H2,1,3-4H3. The van der Waals surface area contributed by atoms with E-state index < -0.39 is 17.3 Å². The minimum absolute atomic E-state index is 0.235. The van der Waals surface area contributed by atoms with Gasteiger partial charge in [0, 0.05) is 18.6 Å². The third kappa shape index (κ3) is 7.95. The van der Waals surface area contributed by atoms with Gasteiger partial charge in [-0.2, -0.15) is 5.23 Å². The van der Waals surface area contributed by atoms with Gasteiger partial charge in [-0.3, -0.25) is 0 Å². The van der Waals surface area contributed by atoms with Gasteiger partial charge in [-0.15, -0.1) is 0 Å². The molecule has 0 aliphatic heterocycles. The number of carbonyl (C=O) groups is 1. The Balaban J connectivity index is 2.13. The van der Waals surface area contributed by atoms with Gasteiger partial charge >= 0.3 is 5.97 Å². The predicted octanol–water partition coefficient (Wildman–Crippen LogP) is 3.57. The molecule has 0 radical (unpaired) electrons. The molecule has 0 saturated carbocycles. The van der Waals surface area contributed by atoms with E-state index in [1.54, 1.807) is 0 Å². The van der Waals surface area contributed by atoms with Gasteiger partial charge in [0.05, 0.1) is 6.10 Å². The van der Waals surface area contributed by atoms with Crippen LogP contribution in [-0.4, -0.2) is 33.6 Å². The second kappa shape index (κ2) is 10.7. The summed E-state index contributed by atoms with van der Waals surface area (Å²) in [5, 5.41) is 39.0. The Morgan fingerprint density at radius 2 is 2.06 bits per heavy atom. The number of quaternary nitrogens is 1. The van der Waals surface area contributed by atoms with Crippen molar-refractivity contribution in [2.75, 3.05) is 0 Å². The highest BCUT2D eigenvalue weighted by Gasteiger charge is 2.29. The number of aliphatic hydroxyl groups excluding tert-OH is 1. The highest BCUT2D eigenvalue weighted by Crippen LogP contribution is 2.34. The second-order valence-corrected chi connectivity index (χ2v) is 9.01. The van der Waals surface area contributed by atoms with Crippen LogP contribution in [0.25, 0.3) is 6.08 Å². The number of phenolic OH excluding ortho intramolecular Hbond substituents is 1. The van der Waals surface area contributed by atoms with Gasteiger partial charge in [-0.25, -0.2) is 10.0 Å². The molecular weight excluding hydrogens is 398 g/mol. The molecule has 0 saturated heterocycles. The lowest BCUT2D eigenvalue weighted by atomic mass is 9.79. The number of aromatic hydroxyl groups is 1. The van der Waals surface area contributed by atoms with Gasteiger partial charge in [-0.05, 0) is 61.3 Å². The van der Waals surface area contributed by atoms with E-state index in [4.69, 9.17) is 9.94 Å². The van der Waals surface area contributed by atoms with E-state index in [1.807, 2.05) is 20.8 Å². The maximum atomic E-state index is 12.5. The highest BCUT2D eigenvalue weighted by atomic mass is 16.8.